The molecule has 11 heteroatoms. The van der Waals surface area contributed by atoms with Gasteiger partial charge < -0.3 is 5.32 Å². The molecule has 39 heavy (non-hydrogen) atoms. The van der Waals surface area contributed by atoms with Crippen molar-refractivity contribution in [3.8, 4) is 5.69 Å². The zero-order valence-electron chi connectivity index (χ0n) is 20.6. The van der Waals surface area contributed by atoms with Crippen LogP contribution in [0.15, 0.2) is 94.8 Å². The smallest absolute Gasteiger partial charge is 0.272 e. The number of hydrazone groups is 1. The summed E-state index contributed by atoms with van der Waals surface area (Å²) in [6.07, 6.45) is 1.39. The van der Waals surface area contributed by atoms with Crippen LogP contribution in [0.4, 0.5) is 0 Å². The molecule has 0 fully saturated rings. The Labute approximate surface area is 227 Å². The lowest BCUT2D eigenvalue weighted by Gasteiger charge is -2.18. The Bertz CT molecular complexity index is 1750. The molecule has 0 aliphatic heterocycles. The molecular weight excluding hydrogens is 518 g/mol. The molecule has 194 valence electrons. The molecule has 2 aromatic heterocycles. The molecule has 2 amide bonds. The molecule has 0 spiro atoms. The number of carbonyl (C=O) groups excluding carboxylic acids is 2. The number of rotatable bonds is 7. The number of para-hydroxylation sites is 1. The van der Waals surface area contributed by atoms with Crippen LogP contribution in [0.5, 0.6) is 0 Å². The van der Waals surface area contributed by atoms with Crippen LogP contribution in [0.3, 0.4) is 0 Å². The van der Waals surface area contributed by atoms with Gasteiger partial charge in [0.05, 0.1) is 28.5 Å². The fraction of sp³-hybridized carbons (Fsp3) is 0.0714. The molecule has 10 nitrogen and oxygen atoms in total. The Morgan fingerprint density at radius 3 is 2.33 bits per heavy atom. The minimum absolute atomic E-state index is 0.160. The highest BCUT2D eigenvalue weighted by atomic mass is 35.5. The predicted octanol–water partition coefficient (Wildman–Crippen LogP) is 3.69. The molecule has 0 saturated heterocycles. The standard InChI is InChI=1S/C28H22ClN7O3/c1-17-22(25(29)36(35-17)19-12-6-3-7-13-19)16-30-33-28(39)24(31-26(37)18-10-4-2-5-11-18)23-20-14-8-9-15-21(20)27(38)34-32-23/h2-16,24H,1H3,(H,31,37)(H,33,39)(H,34,38)/b30-16-/t24-/m1/s1. The highest BCUT2D eigenvalue weighted by Crippen LogP contribution is 2.23. The molecule has 1 atom stereocenters. The summed E-state index contributed by atoms with van der Waals surface area (Å²) in [4.78, 5) is 38.7. The Morgan fingerprint density at radius 1 is 0.974 bits per heavy atom. The van der Waals surface area contributed by atoms with Gasteiger partial charge in [0.1, 0.15) is 10.8 Å². The molecule has 0 unspecified atom stereocenters. The van der Waals surface area contributed by atoms with Gasteiger partial charge in [0, 0.05) is 10.9 Å². The highest BCUT2D eigenvalue weighted by molar-refractivity contribution is 6.32. The molecule has 0 radical (unpaired) electrons. The van der Waals surface area contributed by atoms with Crippen molar-refractivity contribution in [2.75, 3.05) is 0 Å². The number of amides is 2. The van der Waals surface area contributed by atoms with Crippen molar-refractivity contribution in [1.29, 1.82) is 0 Å². The minimum atomic E-state index is -1.28. The van der Waals surface area contributed by atoms with Crippen LogP contribution in [0.25, 0.3) is 16.5 Å². The average Bonchev–Trinajstić information content (AvgIpc) is 3.26. The first-order valence-electron chi connectivity index (χ1n) is 11.9. The maximum Gasteiger partial charge on any atom is 0.272 e. The van der Waals surface area contributed by atoms with Crippen LogP contribution in [0.1, 0.15) is 33.4 Å². The maximum atomic E-state index is 13.4. The van der Waals surface area contributed by atoms with Gasteiger partial charge >= 0.3 is 0 Å². The van der Waals surface area contributed by atoms with E-state index < -0.39 is 23.4 Å². The Balaban J connectivity index is 1.45. The summed E-state index contributed by atoms with van der Waals surface area (Å²) in [5.74, 6) is -1.18. The number of nitrogens with one attached hydrogen (secondary N) is 3. The van der Waals surface area contributed by atoms with E-state index in [2.05, 4.69) is 31.1 Å². The number of benzene rings is 3. The lowest BCUT2D eigenvalue weighted by molar-refractivity contribution is -0.123. The first-order chi connectivity index (χ1) is 18.9. The number of aryl methyl sites for hydroxylation is 1. The quantitative estimate of drug-likeness (QED) is 0.214. The summed E-state index contributed by atoms with van der Waals surface area (Å²) in [5.41, 5.74) is 4.44. The third-order valence-corrected chi connectivity index (χ3v) is 6.35. The maximum absolute atomic E-state index is 13.4. The fourth-order valence-electron chi connectivity index (χ4n) is 4.04. The second-order valence-electron chi connectivity index (χ2n) is 8.53. The number of aromatic amines is 1. The molecule has 5 rings (SSSR count). The third-order valence-electron chi connectivity index (χ3n) is 5.99. The Kier molecular flexibility index (Phi) is 7.28. The van der Waals surface area contributed by atoms with Crippen LogP contribution < -0.4 is 16.3 Å². The summed E-state index contributed by atoms with van der Waals surface area (Å²) in [6, 6.07) is 23.2. The Hall–Kier alpha value is -5.09. The molecule has 0 aliphatic rings. The van der Waals surface area contributed by atoms with Crippen molar-refractivity contribution in [3.05, 3.63) is 123 Å². The number of aromatic nitrogens is 4. The lowest BCUT2D eigenvalue weighted by atomic mass is 10.0. The van der Waals surface area contributed by atoms with Crippen molar-refractivity contribution in [2.45, 2.75) is 13.0 Å². The largest absolute Gasteiger partial charge is 0.335 e. The van der Waals surface area contributed by atoms with Crippen LogP contribution in [-0.2, 0) is 4.79 Å². The second-order valence-corrected chi connectivity index (χ2v) is 8.89. The van der Waals surface area contributed by atoms with Gasteiger partial charge in [-0.25, -0.2) is 15.2 Å². The van der Waals surface area contributed by atoms with Crippen molar-refractivity contribution < 1.29 is 9.59 Å². The van der Waals surface area contributed by atoms with Gasteiger partial charge in [-0.05, 0) is 37.3 Å². The summed E-state index contributed by atoms with van der Waals surface area (Å²) in [7, 11) is 0. The minimum Gasteiger partial charge on any atom is -0.335 e. The van der Waals surface area contributed by atoms with E-state index in [1.165, 1.54) is 6.21 Å². The van der Waals surface area contributed by atoms with E-state index in [4.69, 9.17) is 11.6 Å². The molecule has 0 saturated carbocycles. The topological polar surface area (TPSA) is 134 Å². The number of carbonyl (C=O) groups is 2. The van der Waals surface area contributed by atoms with Gasteiger partial charge in [-0.2, -0.15) is 15.3 Å². The van der Waals surface area contributed by atoms with E-state index in [0.29, 0.717) is 32.7 Å². The second kappa shape index (κ2) is 11.1. The van der Waals surface area contributed by atoms with Gasteiger partial charge in [-0.3, -0.25) is 14.4 Å². The first-order valence-corrected chi connectivity index (χ1v) is 12.3. The van der Waals surface area contributed by atoms with E-state index in [1.807, 2.05) is 30.3 Å². The van der Waals surface area contributed by atoms with Gasteiger partial charge in [-0.1, -0.05) is 66.2 Å². The number of H-pyrrole nitrogens is 1. The van der Waals surface area contributed by atoms with Crippen molar-refractivity contribution in [3.63, 3.8) is 0 Å². The SMILES string of the molecule is Cc1nn(-c2ccccc2)c(Cl)c1/C=N\NC(=O)[C@H](NC(=O)c1ccccc1)c1n[nH]c(=O)c2ccccc12. The summed E-state index contributed by atoms with van der Waals surface area (Å²) < 4.78 is 1.57. The number of hydrogen-bond acceptors (Lipinski definition) is 6. The van der Waals surface area contributed by atoms with Crippen LogP contribution >= 0.6 is 11.6 Å². The number of nitrogens with zero attached hydrogens (tertiary/aromatic N) is 4. The summed E-state index contributed by atoms with van der Waals surface area (Å²) in [5, 5.41) is 18.8. The van der Waals surface area contributed by atoms with Crippen LogP contribution in [0.2, 0.25) is 5.15 Å². The van der Waals surface area contributed by atoms with E-state index in [0.717, 1.165) is 5.69 Å². The highest BCUT2D eigenvalue weighted by Gasteiger charge is 2.27. The zero-order valence-corrected chi connectivity index (χ0v) is 21.4. The van der Waals surface area contributed by atoms with Crippen molar-refractivity contribution in [2.24, 2.45) is 5.10 Å². The number of halogens is 1. The van der Waals surface area contributed by atoms with Gasteiger partial charge in [0.15, 0.2) is 6.04 Å². The predicted molar refractivity (Wildman–Crippen MR) is 148 cm³/mol. The van der Waals surface area contributed by atoms with E-state index in [1.54, 1.807) is 66.2 Å². The molecule has 3 aromatic carbocycles. The monoisotopic (exact) mass is 539 g/mol. The van der Waals surface area contributed by atoms with Gasteiger partial charge in [0.2, 0.25) is 0 Å². The molecule has 5 aromatic rings. The van der Waals surface area contributed by atoms with Crippen molar-refractivity contribution in [1.82, 2.24) is 30.7 Å². The van der Waals surface area contributed by atoms with Gasteiger partial charge in [0.25, 0.3) is 17.4 Å². The van der Waals surface area contributed by atoms with E-state index >= 15 is 0 Å². The average molecular weight is 540 g/mol. The Morgan fingerprint density at radius 2 is 1.62 bits per heavy atom. The molecule has 2 heterocycles. The molecule has 0 bridgehead atoms. The van der Waals surface area contributed by atoms with Crippen LogP contribution in [0, 0.1) is 6.92 Å². The lowest BCUT2D eigenvalue weighted by Crippen LogP contribution is -2.40. The first kappa shape index (κ1) is 25.6. The summed E-state index contributed by atoms with van der Waals surface area (Å²) in [6.45, 7) is 1.77. The zero-order chi connectivity index (χ0) is 27.4. The molecular formula is C28H22ClN7O3. The van der Waals surface area contributed by atoms with Crippen molar-refractivity contribution >= 4 is 40.4 Å². The van der Waals surface area contributed by atoms with E-state index in [-0.39, 0.29) is 5.69 Å². The van der Waals surface area contributed by atoms with Gasteiger partial charge in [-0.15, -0.1) is 0 Å². The number of hydrogen-bond donors (Lipinski definition) is 3. The summed E-state index contributed by atoms with van der Waals surface area (Å²) >= 11 is 6.55. The molecule has 3 N–H and O–H groups in total. The van der Waals surface area contributed by atoms with E-state index in [9.17, 15) is 14.4 Å². The third kappa shape index (κ3) is 5.32. The van der Waals surface area contributed by atoms with Crippen LogP contribution in [-0.4, -0.2) is 38.0 Å². The normalized spacial score (nSPS) is 11.9. The number of fused-ring (bicyclic) bond motifs is 1. The molecule has 0 aliphatic carbocycles. The fourth-order valence-corrected chi connectivity index (χ4v) is 4.36.